The van der Waals surface area contributed by atoms with Crippen molar-refractivity contribution in [3.63, 3.8) is 0 Å². The first-order chi connectivity index (χ1) is 12.7. The van der Waals surface area contributed by atoms with Gasteiger partial charge in [0.1, 0.15) is 0 Å². The van der Waals surface area contributed by atoms with E-state index in [0.29, 0.717) is 12.1 Å². The Morgan fingerprint density at radius 1 is 1.11 bits per heavy atom. The highest BCUT2D eigenvalue weighted by Gasteiger charge is 2.19. The molecule has 1 fully saturated rings. The fraction of sp³-hybridized carbons (Fsp3) is 0.333. The van der Waals surface area contributed by atoms with E-state index in [1.54, 1.807) is 0 Å². The number of nitrogens with zero attached hydrogens (tertiary/aromatic N) is 4. The van der Waals surface area contributed by atoms with E-state index >= 15 is 0 Å². The summed E-state index contributed by atoms with van der Waals surface area (Å²) >= 11 is 0. The van der Waals surface area contributed by atoms with Crippen LogP contribution in [0.5, 0.6) is 0 Å². The molecule has 2 aromatic carbocycles. The number of benzene rings is 2. The lowest BCUT2D eigenvalue weighted by Gasteiger charge is -2.37. The Hall–Kier alpha value is -2.27. The second kappa shape index (κ2) is 10.2. The van der Waals surface area contributed by atoms with Crippen molar-refractivity contribution in [2.75, 3.05) is 38.1 Å². The molecule has 0 spiro atoms. The summed E-state index contributed by atoms with van der Waals surface area (Å²) in [5, 5.41) is 12.3. The number of hydrogen-bond donors (Lipinski definition) is 1. The summed E-state index contributed by atoms with van der Waals surface area (Å²) in [5.41, 5.74) is 4.42. The number of aliphatic imine (C=N–C) groups is 1. The molecule has 0 aromatic heterocycles. The topological polar surface area (TPSA) is 54.7 Å². The van der Waals surface area contributed by atoms with Crippen molar-refractivity contribution in [1.82, 2.24) is 10.2 Å². The minimum Gasteiger partial charge on any atom is -0.368 e. The van der Waals surface area contributed by atoms with Crippen molar-refractivity contribution < 1.29 is 0 Å². The van der Waals surface area contributed by atoms with E-state index in [0.717, 1.165) is 37.7 Å². The molecule has 0 atom stereocenters. The fourth-order valence-corrected chi connectivity index (χ4v) is 3.21. The number of piperazine rings is 1. The third kappa shape index (κ3) is 5.60. The lowest BCUT2D eigenvalue weighted by molar-refractivity contribution is 0.372. The summed E-state index contributed by atoms with van der Waals surface area (Å²) in [6.07, 6.45) is 0. The van der Waals surface area contributed by atoms with Crippen molar-refractivity contribution in [2.24, 2.45) is 4.99 Å². The molecule has 1 heterocycles. The van der Waals surface area contributed by atoms with E-state index in [1.807, 2.05) is 31.3 Å². The highest BCUT2D eigenvalue weighted by Crippen LogP contribution is 2.17. The predicted octanol–water partition coefficient (Wildman–Crippen LogP) is 3.38. The Labute approximate surface area is 178 Å². The van der Waals surface area contributed by atoms with Crippen molar-refractivity contribution in [1.29, 1.82) is 5.26 Å². The summed E-state index contributed by atoms with van der Waals surface area (Å²) < 4.78 is 0. The van der Waals surface area contributed by atoms with Crippen LogP contribution in [-0.2, 0) is 6.54 Å². The van der Waals surface area contributed by atoms with Gasteiger partial charge in [0.2, 0.25) is 0 Å². The number of guanidine groups is 1. The van der Waals surface area contributed by atoms with Gasteiger partial charge in [0, 0.05) is 45.5 Å². The third-order valence-electron chi connectivity index (χ3n) is 4.69. The van der Waals surface area contributed by atoms with Crippen LogP contribution in [0.15, 0.2) is 53.5 Å². The number of nitriles is 1. The van der Waals surface area contributed by atoms with Crippen LogP contribution in [0, 0.1) is 18.3 Å². The molecule has 6 heteroatoms. The standard InChI is InChI=1S/C21H25N5.HI/c1-17-4-3-5-20(14-17)25-10-12-26(13-11-25)21(23-2)24-16-19-8-6-18(15-22)7-9-19;/h3-9,14H,10-13,16H2,1-2H3,(H,23,24);1H. The van der Waals surface area contributed by atoms with E-state index in [1.165, 1.54) is 11.3 Å². The lowest BCUT2D eigenvalue weighted by atomic mass is 10.1. The molecule has 3 rings (SSSR count). The van der Waals surface area contributed by atoms with Crippen LogP contribution in [-0.4, -0.2) is 44.1 Å². The first-order valence-corrected chi connectivity index (χ1v) is 8.96. The van der Waals surface area contributed by atoms with Gasteiger partial charge in [0.25, 0.3) is 0 Å². The summed E-state index contributed by atoms with van der Waals surface area (Å²) in [7, 11) is 1.83. The minimum absolute atomic E-state index is 0. The van der Waals surface area contributed by atoms with Gasteiger partial charge in [-0.2, -0.15) is 5.26 Å². The number of anilines is 1. The van der Waals surface area contributed by atoms with Crippen molar-refractivity contribution >= 4 is 35.6 Å². The molecular formula is C21H26IN5. The molecular weight excluding hydrogens is 449 g/mol. The molecule has 0 saturated carbocycles. The van der Waals surface area contributed by atoms with Crippen LogP contribution in [0.25, 0.3) is 0 Å². The zero-order valence-corrected chi connectivity index (χ0v) is 18.2. The first kappa shape index (κ1) is 21.0. The summed E-state index contributed by atoms with van der Waals surface area (Å²) in [6.45, 7) is 6.70. The van der Waals surface area contributed by atoms with Crippen molar-refractivity contribution in [3.8, 4) is 6.07 Å². The molecule has 142 valence electrons. The molecule has 2 aromatic rings. The van der Waals surface area contributed by atoms with Crippen LogP contribution in [0.3, 0.4) is 0 Å². The Balaban J connectivity index is 0.00000261. The first-order valence-electron chi connectivity index (χ1n) is 8.96. The molecule has 0 radical (unpaired) electrons. The van der Waals surface area contributed by atoms with E-state index < -0.39 is 0 Å². The van der Waals surface area contributed by atoms with Crippen molar-refractivity contribution in [2.45, 2.75) is 13.5 Å². The quantitative estimate of drug-likeness (QED) is 0.420. The van der Waals surface area contributed by atoms with Gasteiger partial charge in [-0.25, -0.2) is 0 Å². The molecule has 1 aliphatic heterocycles. The highest BCUT2D eigenvalue weighted by molar-refractivity contribution is 14.0. The summed E-state index contributed by atoms with van der Waals surface area (Å²) in [4.78, 5) is 9.16. The summed E-state index contributed by atoms with van der Waals surface area (Å²) in [5.74, 6) is 0.929. The van der Waals surface area contributed by atoms with Crippen LogP contribution >= 0.6 is 24.0 Å². The highest BCUT2D eigenvalue weighted by atomic mass is 127. The largest absolute Gasteiger partial charge is 0.368 e. The molecule has 1 N–H and O–H groups in total. The molecule has 5 nitrogen and oxygen atoms in total. The van der Waals surface area contributed by atoms with Crippen molar-refractivity contribution in [3.05, 3.63) is 65.2 Å². The van der Waals surface area contributed by atoms with E-state index in [-0.39, 0.29) is 24.0 Å². The molecule has 0 aliphatic carbocycles. The number of nitrogens with one attached hydrogen (secondary N) is 1. The number of hydrogen-bond acceptors (Lipinski definition) is 3. The van der Waals surface area contributed by atoms with Gasteiger partial charge in [-0.05, 0) is 42.3 Å². The number of aryl methyl sites for hydroxylation is 1. The third-order valence-corrected chi connectivity index (χ3v) is 4.69. The zero-order valence-electron chi connectivity index (χ0n) is 15.9. The predicted molar refractivity (Wildman–Crippen MR) is 122 cm³/mol. The van der Waals surface area contributed by atoms with Crippen LogP contribution in [0.1, 0.15) is 16.7 Å². The minimum atomic E-state index is 0. The molecule has 27 heavy (non-hydrogen) atoms. The van der Waals surface area contributed by atoms with Gasteiger partial charge >= 0.3 is 0 Å². The molecule has 1 saturated heterocycles. The average Bonchev–Trinajstić information content (AvgIpc) is 2.69. The summed E-state index contributed by atoms with van der Waals surface area (Å²) in [6, 6.07) is 18.5. The Bertz CT molecular complexity index is 802. The maximum atomic E-state index is 8.88. The van der Waals surface area contributed by atoms with Crippen LogP contribution in [0.2, 0.25) is 0 Å². The van der Waals surface area contributed by atoms with E-state index in [2.05, 4.69) is 57.4 Å². The number of halogens is 1. The normalized spacial score (nSPS) is 14.3. The molecule has 0 bridgehead atoms. The van der Waals surface area contributed by atoms with Crippen LogP contribution in [0.4, 0.5) is 5.69 Å². The molecule has 0 amide bonds. The van der Waals surface area contributed by atoms with Gasteiger partial charge in [-0.15, -0.1) is 24.0 Å². The van der Waals surface area contributed by atoms with Gasteiger partial charge < -0.3 is 15.1 Å². The molecule has 0 unspecified atom stereocenters. The SMILES string of the molecule is CN=C(NCc1ccc(C#N)cc1)N1CCN(c2cccc(C)c2)CC1.I. The monoisotopic (exact) mass is 475 g/mol. The number of rotatable bonds is 3. The Morgan fingerprint density at radius 2 is 1.81 bits per heavy atom. The van der Waals surface area contributed by atoms with Gasteiger partial charge in [0.15, 0.2) is 5.96 Å². The van der Waals surface area contributed by atoms with Gasteiger partial charge in [-0.3, -0.25) is 4.99 Å². The van der Waals surface area contributed by atoms with E-state index in [9.17, 15) is 0 Å². The molecule has 1 aliphatic rings. The van der Waals surface area contributed by atoms with E-state index in [4.69, 9.17) is 5.26 Å². The second-order valence-electron chi connectivity index (χ2n) is 6.52. The average molecular weight is 475 g/mol. The van der Waals surface area contributed by atoms with Crippen LogP contribution < -0.4 is 10.2 Å². The van der Waals surface area contributed by atoms with Gasteiger partial charge in [0.05, 0.1) is 11.6 Å². The Kier molecular flexibility index (Phi) is 7.92. The van der Waals surface area contributed by atoms with Gasteiger partial charge in [-0.1, -0.05) is 24.3 Å². The fourth-order valence-electron chi connectivity index (χ4n) is 3.21. The Morgan fingerprint density at radius 3 is 2.41 bits per heavy atom. The smallest absolute Gasteiger partial charge is 0.194 e. The maximum Gasteiger partial charge on any atom is 0.194 e. The lowest BCUT2D eigenvalue weighted by Crippen LogP contribution is -2.52. The maximum absolute atomic E-state index is 8.88. The zero-order chi connectivity index (χ0) is 18.4. The second-order valence-corrected chi connectivity index (χ2v) is 6.52.